The lowest BCUT2D eigenvalue weighted by Crippen LogP contribution is -2.63. The summed E-state index contributed by atoms with van der Waals surface area (Å²) in [6, 6.07) is 7.84. The van der Waals surface area contributed by atoms with Gasteiger partial charge in [-0.25, -0.2) is 13.6 Å². The first-order chi connectivity index (χ1) is 9.77. The standard InChI is InChI=1S/C15H22N2O3S/c1-15(2)13(12-7-8-20-14(12)15)17-11-5-3-10(4-6-11)9-21(16,18)19/h3-6,12-14,17H,7-9H2,1-2H3,(H2,16,18,19). The van der Waals surface area contributed by atoms with Gasteiger partial charge in [0.25, 0.3) is 0 Å². The zero-order valence-electron chi connectivity index (χ0n) is 12.4. The summed E-state index contributed by atoms with van der Waals surface area (Å²) in [4.78, 5) is 0. The summed E-state index contributed by atoms with van der Waals surface area (Å²) in [7, 11) is -3.47. The van der Waals surface area contributed by atoms with E-state index in [9.17, 15) is 8.42 Å². The molecule has 21 heavy (non-hydrogen) atoms. The fraction of sp³-hybridized carbons (Fsp3) is 0.600. The topological polar surface area (TPSA) is 81.4 Å². The Morgan fingerprint density at radius 2 is 2.00 bits per heavy atom. The lowest BCUT2D eigenvalue weighted by Gasteiger charge is -2.55. The van der Waals surface area contributed by atoms with Gasteiger partial charge in [0.2, 0.25) is 10.0 Å². The maximum Gasteiger partial charge on any atom is 0.213 e. The summed E-state index contributed by atoms with van der Waals surface area (Å²) in [5.41, 5.74) is 1.84. The van der Waals surface area contributed by atoms with Gasteiger partial charge in [0.05, 0.1) is 11.9 Å². The van der Waals surface area contributed by atoms with Crippen molar-refractivity contribution in [3.05, 3.63) is 29.8 Å². The fourth-order valence-corrected chi connectivity index (χ4v) is 4.38. The monoisotopic (exact) mass is 310 g/mol. The van der Waals surface area contributed by atoms with E-state index in [2.05, 4.69) is 19.2 Å². The van der Waals surface area contributed by atoms with Crippen LogP contribution in [0.2, 0.25) is 0 Å². The Hall–Kier alpha value is -1.11. The average Bonchev–Trinajstić information content (AvgIpc) is 2.83. The van der Waals surface area contributed by atoms with E-state index in [-0.39, 0.29) is 11.2 Å². The Morgan fingerprint density at radius 1 is 1.33 bits per heavy atom. The summed E-state index contributed by atoms with van der Waals surface area (Å²) in [5, 5.41) is 8.62. The molecule has 3 unspecified atom stereocenters. The van der Waals surface area contributed by atoms with Crippen molar-refractivity contribution in [1.29, 1.82) is 0 Å². The molecule has 1 aromatic carbocycles. The predicted molar refractivity (Wildman–Crippen MR) is 82.3 cm³/mol. The van der Waals surface area contributed by atoms with Gasteiger partial charge in [-0.1, -0.05) is 26.0 Å². The number of hydrogen-bond donors (Lipinski definition) is 2. The number of primary sulfonamides is 1. The molecule has 2 aliphatic rings. The lowest BCUT2D eigenvalue weighted by molar-refractivity contribution is -0.0923. The van der Waals surface area contributed by atoms with Crippen molar-refractivity contribution in [3.8, 4) is 0 Å². The number of anilines is 1. The number of sulfonamides is 1. The highest BCUT2D eigenvalue weighted by molar-refractivity contribution is 7.88. The third kappa shape index (κ3) is 2.80. The molecule has 0 aromatic heterocycles. The number of nitrogens with two attached hydrogens (primary N) is 1. The molecule has 1 saturated carbocycles. The highest BCUT2D eigenvalue weighted by Gasteiger charge is 2.59. The third-order valence-corrected chi connectivity index (χ3v) is 5.48. The molecule has 116 valence electrons. The number of nitrogens with one attached hydrogen (secondary N) is 1. The molecule has 3 atom stereocenters. The molecule has 0 radical (unpaired) electrons. The zero-order valence-corrected chi connectivity index (χ0v) is 13.2. The van der Waals surface area contributed by atoms with E-state index in [4.69, 9.17) is 9.88 Å². The molecule has 0 amide bonds. The van der Waals surface area contributed by atoms with Gasteiger partial charge < -0.3 is 10.1 Å². The van der Waals surface area contributed by atoms with Crippen LogP contribution in [0.4, 0.5) is 5.69 Å². The van der Waals surface area contributed by atoms with Crippen LogP contribution >= 0.6 is 0 Å². The highest BCUT2D eigenvalue weighted by Crippen LogP contribution is 2.53. The molecule has 3 N–H and O–H groups in total. The maximum absolute atomic E-state index is 11.1. The van der Waals surface area contributed by atoms with Crippen LogP contribution in [-0.2, 0) is 20.5 Å². The van der Waals surface area contributed by atoms with Crippen molar-refractivity contribution in [3.63, 3.8) is 0 Å². The average molecular weight is 310 g/mol. The van der Waals surface area contributed by atoms with Crippen molar-refractivity contribution in [2.45, 2.75) is 38.2 Å². The van der Waals surface area contributed by atoms with Crippen LogP contribution in [0.3, 0.4) is 0 Å². The van der Waals surface area contributed by atoms with Crippen LogP contribution in [0.25, 0.3) is 0 Å². The molecular weight excluding hydrogens is 288 g/mol. The summed E-state index contributed by atoms with van der Waals surface area (Å²) in [6.07, 6.45) is 1.46. The molecule has 1 aliphatic heterocycles. The number of rotatable bonds is 4. The first-order valence-electron chi connectivity index (χ1n) is 7.25. The first kappa shape index (κ1) is 14.8. The van der Waals surface area contributed by atoms with Crippen LogP contribution < -0.4 is 10.5 Å². The molecule has 5 nitrogen and oxygen atoms in total. The molecular formula is C15H22N2O3S. The second-order valence-electron chi connectivity index (χ2n) is 6.69. The van der Waals surface area contributed by atoms with E-state index in [1.165, 1.54) is 0 Å². The number of fused-ring (bicyclic) bond motifs is 1. The lowest BCUT2D eigenvalue weighted by atomic mass is 9.57. The minimum atomic E-state index is -3.47. The van der Waals surface area contributed by atoms with E-state index in [0.29, 0.717) is 23.6 Å². The third-order valence-electron chi connectivity index (χ3n) is 4.74. The normalized spacial score (nSPS) is 30.5. The SMILES string of the molecule is CC1(C)C(Nc2ccc(CS(N)(=O)=O)cc2)C2CCOC21. The van der Waals surface area contributed by atoms with Crippen LogP contribution in [0.1, 0.15) is 25.8 Å². The van der Waals surface area contributed by atoms with Crippen LogP contribution in [0.15, 0.2) is 24.3 Å². The van der Waals surface area contributed by atoms with Gasteiger partial charge in [-0.15, -0.1) is 0 Å². The van der Waals surface area contributed by atoms with E-state index in [0.717, 1.165) is 18.7 Å². The number of ether oxygens (including phenoxy) is 1. The maximum atomic E-state index is 11.1. The van der Waals surface area contributed by atoms with Crippen LogP contribution in [-0.4, -0.2) is 27.2 Å². The number of hydrogen-bond acceptors (Lipinski definition) is 4. The Morgan fingerprint density at radius 3 is 2.62 bits per heavy atom. The molecule has 1 aliphatic carbocycles. The molecule has 1 aromatic rings. The summed E-state index contributed by atoms with van der Waals surface area (Å²) >= 11 is 0. The molecule has 2 fully saturated rings. The van der Waals surface area contributed by atoms with Gasteiger partial charge in [-0.05, 0) is 24.1 Å². The van der Waals surface area contributed by atoms with E-state index in [1.807, 2.05) is 12.1 Å². The Balaban J connectivity index is 1.68. The van der Waals surface area contributed by atoms with Crippen molar-refractivity contribution >= 4 is 15.7 Å². The molecule has 0 bridgehead atoms. The highest BCUT2D eigenvalue weighted by atomic mass is 32.2. The molecule has 0 spiro atoms. The minimum Gasteiger partial charge on any atom is -0.381 e. The van der Waals surface area contributed by atoms with Crippen molar-refractivity contribution in [2.75, 3.05) is 11.9 Å². The van der Waals surface area contributed by atoms with Gasteiger partial charge in [0, 0.05) is 29.7 Å². The second kappa shape index (κ2) is 4.97. The molecule has 3 rings (SSSR count). The smallest absolute Gasteiger partial charge is 0.213 e. The van der Waals surface area contributed by atoms with Gasteiger partial charge in [-0.2, -0.15) is 0 Å². The Labute approximate surface area is 125 Å². The molecule has 1 saturated heterocycles. The summed E-state index contributed by atoms with van der Waals surface area (Å²) in [6.45, 7) is 5.31. The predicted octanol–water partition coefficient (Wildman–Crippen LogP) is 1.70. The second-order valence-corrected chi connectivity index (χ2v) is 8.31. The van der Waals surface area contributed by atoms with Crippen LogP contribution in [0.5, 0.6) is 0 Å². The first-order valence-corrected chi connectivity index (χ1v) is 8.96. The van der Waals surface area contributed by atoms with Gasteiger partial charge in [0.15, 0.2) is 0 Å². The Kier molecular flexibility index (Phi) is 3.50. The Bertz CT molecular complexity index is 625. The van der Waals surface area contributed by atoms with Gasteiger partial charge in [0.1, 0.15) is 0 Å². The van der Waals surface area contributed by atoms with Crippen molar-refractivity contribution < 1.29 is 13.2 Å². The van der Waals surface area contributed by atoms with Crippen LogP contribution in [0, 0.1) is 11.3 Å². The van der Waals surface area contributed by atoms with E-state index >= 15 is 0 Å². The quantitative estimate of drug-likeness (QED) is 0.887. The summed E-state index contributed by atoms with van der Waals surface area (Å²) < 4.78 is 27.9. The van der Waals surface area contributed by atoms with E-state index < -0.39 is 10.0 Å². The zero-order chi connectivity index (χ0) is 15.3. The van der Waals surface area contributed by atoms with Gasteiger partial charge in [-0.3, -0.25) is 0 Å². The largest absolute Gasteiger partial charge is 0.381 e. The fourth-order valence-electron chi connectivity index (χ4n) is 3.73. The van der Waals surface area contributed by atoms with Gasteiger partial charge >= 0.3 is 0 Å². The minimum absolute atomic E-state index is 0.124. The molecule has 1 heterocycles. The summed E-state index contributed by atoms with van der Waals surface area (Å²) in [5.74, 6) is 0.449. The number of benzene rings is 1. The van der Waals surface area contributed by atoms with Crippen molar-refractivity contribution in [1.82, 2.24) is 0 Å². The van der Waals surface area contributed by atoms with Crippen molar-refractivity contribution in [2.24, 2.45) is 16.5 Å². The molecule has 6 heteroatoms. The van der Waals surface area contributed by atoms with E-state index in [1.54, 1.807) is 12.1 Å².